The average Bonchev–Trinajstić information content (AvgIpc) is 3.54. The highest BCUT2D eigenvalue weighted by molar-refractivity contribution is 7.80. The van der Waals surface area contributed by atoms with Crippen molar-refractivity contribution in [2.75, 3.05) is 7.11 Å². The molecule has 1 aliphatic heterocycles. The maximum absolute atomic E-state index is 5.89. The quantitative estimate of drug-likeness (QED) is 0.471. The molecule has 172 valence electrons. The van der Waals surface area contributed by atoms with Gasteiger partial charge in [0.2, 0.25) is 0 Å². The molecule has 2 aromatic heterocycles. The third kappa shape index (κ3) is 4.12. The normalized spacial score (nSPS) is 20.9. The van der Waals surface area contributed by atoms with E-state index in [2.05, 4.69) is 59.0 Å². The van der Waals surface area contributed by atoms with Gasteiger partial charge in [-0.25, -0.2) is 0 Å². The van der Waals surface area contributed by atoms with Crippen molar-refractivity contribution in [1.82, 2.24) is 19.8 Å². The van der Waals surface area contributed by atoms with E-state index in [1.807, 2.05) is 24.4 Å². The zero-order chi connectivity index (χ0) is 22.9. The van der Waals surface area contributed by atoms with Crippen molar-refractivity contribution in [2.45, 2.75) is 64.2 Å². The van der Waals surface area contributed by atoms with Crippen LogP contribution in [0, 0.1) is 13.8 Å². The molecule has 0 unspecified atom stereocenters. The third-order valence-electron chi connectivity index (χ3n) is 7.24. The Morgan fingerprint density at radius 3 is 2.52 bits per heavy atom. The lowest BCUT2D eigenvalue weighted by Crippen LogP contribution is -2.29. The monoisotopic (exact) mass is 460 g/mol. The van der Waals surface area contributed by atoms with Crippen LogP contribution in [0.5, 0.6) is 5.75 Å². The van der Waals surface area contributed by atoms with Crippen LogP contribution in [0.1, 0.15) is 72.0 Å². The van der Waals surface area contributed by atoms with Crippen LogP contribution in [0.25, 0.3) is 0 Å². The molecule has 0 radical (unpaired) electrons. The molecule has 3 heterocycles. The predicted molar refractivity (Wildman–Crippen MR) is 135 cm³/mol. The molecule has 6 heteroatoms. The molecule has 1 N–H and O–H groups in total. The minimum atomic E-state index is 0.00877. The zero-order valence-corrected chi connectivity index (χ0v) is 20.4. The highest BCUT2D eigenvalue weighted by Gasteiger charge is 2.41. The maximum atomic E-state index is 5.89. The summed E-state index contributed by atoms with van der Waals surface area (Å²) in [5, 5.41) is 4.37. The Morgan fingerprint density at radius 1 is 1.09 bits per heavy atom. The van der Waals surface area contributed by atoms with Gasteiger partial charge in [0.15, 0.2) is 5.11 Å². The number of pyridine rings is 1. The zero-order valence-electron chi connectivity index (χ0n) is 19.6. The number of methoxy groups -OCH3 is 1. The van der Waals surface area contributed by atoms with Crippen LogP contribution < -0.4 is 10.1 Å². The number of hydrogen-bond acceptors (Lipinski definition) is 3. The summed E-state index contributed by atoms with van der Waals surface area (Å²) in [6, 6.07) is 17.5. The smallest absolute Gasteiger partial charge is 0.170 e. The molecular formula is C27H32N4OS. The number of thiocarbonyl (C=S) groups is 1. The molecule has 0 amide bonds. The van der Waals surface area contributed by atoms with Gasteiger partial charge in [0, 0.05) is 30.2 Å². The lowest BCUT2D eigenvalue weighted by atomic mass is 9.96. The lowest BCUT2D eigenvalue weighted by Gasteiger charge is -2.28. The highest BCUT2D eigenvalue weighted by atomic mass is 32.1. The molecule has 5 nitrogen and oxygen atoms in total. The summed E-state index contributed by atoms with van der Waals surface area (Å²) in [4.78, 5) is 7.03. The Kier molecular flexibility index (Phi) is 6.11. The topological polar surface area (TPSA) is 42.3 Å². The van der Waals surface area contributed by atoms with Gasteiger partial charge in [0.1, 0.15) is 5.75 Å². The first kappa shape index (κ1) is 22.0. The maximum Gasteiger partial charge on any atom is 0.170 e. The fourth-order valence-corrected chi connectivity index (χ4v) is 5.97. The van der Waals surface area contributed by atoms with Crippen molar-refractivity contribution in [3.8, 4) is 5.75 Å². The molecule has 0 spiro atoms. The number of nitrogens with zero attached hydrogens (tertiary/aromatic N) is 3. The van der Waals surface area contributed by atoms with Crippen LogP contribution in [0.2, 0.25) is 0 Å². The largest absolute Gasteiger partial charge is 0.497 e. The van der Waals surface area contributed by atoms with Crippen molar-refractivity contribution in [1.29, 1.82) is 0 Å². The standard InChI is InChI=1S/C27H32N4OS/c1-18-16-23(19(2)31(18)21-8-4-5-9-21)26-25(24-10-6-7-15-28-24)29-27(33)30(26)17-20-11-13-22(32-3)14-12-20/h6-7,10-16,21,25-26H,4-5,8-9,17H2,1-3H3,(H,29,33)/t25-,26+/m0/s1. The number of aryl methyl sites for hydroxylation is 1. The molecule has 3 aromatic rings. The van der Waals surface area contributed by atoms with E-state index in [0.29, 0.717) is 6.04 Å². The summed E-state index contributed by atoms with van der Waals surface area (Å²) in [5.74, 6) is 0.865. The van der Waals surface area contributed by atoms with Crippen molar-refractivity contribution >= 4 is 17.3 Å². The van der Waals surface area contributed by atoms with Gasteiger partial charge < -0.3 is 19.5 Å². The van der Waals surface area contributed by atoms with Gasteiger partial charge in [-0.15, -0.1) is 0 Å². The molecule has 0 bridgehead atoms. The Labute approximate surface area is 201 Å². The van der Waals surface area contributed by atoms with Crippen LogP contribution >= 0.6 is 12.2 Å². The second kappa shape index (κ2) is 9.18. The van der Waals surface area contributed by atoms with Gasteiger partial charge in [-0.05, 0) is 80.4 Å². The summed E-state index contributed by atoms with van der Waals surface area (Å²) >= 11 is 5.89. The van der Waals surface area contributed by atoms with Crippen LogP contribution in [0.15, 0.2) is 54.7 Å². The minimum absolute atomic E-state index is 0.00877. The molecule has 1 saturated carbocycles. The van der Waals surface area contributed by atoms with E-state index >= 15 is 0 Å². The minimum Gasteiger partial charge on any atom is -0.497 e. The molecule has 5 rings (SSSR count). The molecule has 2 aliphatic rings. The fourth-order valence-electron chi connectivity index (χ4n) is 5.67. The molecule has 33 heavy (non-hydrogen) atoms. The summed E-state index contributed by atoms with van der Waals surface area (Å²) in [5.41, 5.74) is 6.27. The van der Waals surface area contributed by atoms with Gasteiger partial charge in [-0.1, -0.05) is 31.0 Å². The van der Waals surface area contributed by atoms with Gasteiger partial charge in [0.25, 0.3) is 0 Å². The van der Waals surface area contributed by atoms with E-state index in [-0.39, 0.29) is 12.1 Å². The number of aromatic nitrogens is 2. The number of nitrogens with one attached hydrogen (secondary N) is 1. The van der Waals surface area contributed by atoms with Crippen LogP contribution in [0.4, 0.5) is 0 Å². The first-order chi connectivity index (χ1) is 16.1. The molecule has 1 aliphatic carbocycles. The molecule has 1 saturated heterocycles. The van der Waals surface area contributed by atoms with Crippen LogP contribution in [-0.4, -0.2) is 26.7 Å². The predicted octanol–water partition coefficient (Wildman–Crippen LogP) is 5.80. The number of benzene rings is 1. The molecule has 2 fully saturated rings. The van der Waals surface area contributed by atoms with E-state index in [4.69, 9.17) is 21.9 Å². The van der Waals surface area contributed by atoms with E-state index in [9.17, 15) is 0 Å². The van der Waals surface area contributed by atoms with Gasteiger partial charge >= 0.3 is 0 Å². The number of rotatable bonds is 6. The second-order valence-corrected chi connectivity index (χ2v) is 9.62. The second-order valence-electron chi connectivity index (χ2n) is 9.24. The van der Waals surface area contributed by atoms with Gasteiger partial charge in [-0.2, -0.15) is 0 Å². The van der Waals surface area contributed by atoms with E-state index in [0.717, 1.165) is 23.1 Å². The third-order valence-corrected chi connectivity index (χ3v) is 7.59. The summed E-state index contributed by atoms with van der Waals surface area (Å²) in [6.45, 7) is 5.26. The summed E-state index contributed by atoms with van der Waals surface area (Å²) < 4.78 is 7.92. The first-order valence-electron chi connectivity index (χ1n) is 11.9. The van der Waals surface area contributed by atoms with E-state index in [1.54, 1.807) is 7.11 Å². The van der Waals surface area contributed by atoms with Crippen molar-refractivity contribution in [3.63, 3.8) is 0 Å². The van der Waals surface area contributed by atoms with Crippen LogP contribution in [0.3, 0.4) is 0 Å². The van der Waals surface area contributed by atoms with Crippen LogP contribution in [-0.2, 0) is 6.54 Å². The SMILES string of the molecule is COc1ccc(CN2C(=S)N[C@@H](c3ccccn3)[C@H]2c2cc(C)n(C3CCCC3)c2C)cc1. The number of ether oxygens (including phenoxy) is 1. The number of hydrogen-bond donors (Lipinski definition) is 1. The fraction of sp³-hybridized carbons (Fsp3) is 0.407. The molecular weight excluding hydrogens is 428 g/mol. The lowest BCUT2D eigenvalue weighted by molar-refractivity contribution is 0.309. The van der Waals surface area contributed by atoms with Gasteiger partial charge in [0.05, 0.1) is 24.9 Å². The molecule has 1 aromatic carbocycles. The van der Waals surface area contributed by atoms with Crippen molar-refractivity contribution in [3.05, 3.63) is 82.9 Å². The van der Waals surface area contributed by atoms with E-state index < -0.39 is 0 Å². The Hall–Kier alpha value is -2.86. The Bertz CT molecular complexity index is 1120. The van der Waals surface area contributed by atoms with E-state index in [1.165, 1.54) is 48.2 Å². The first-order valence-corrected chi connectivity index (χ1v) is 12.3. The van der Waals surface area contributed by atoms with Crippen molar-refractivity contribution < 1.29 is 4.74 Å². The van der Waals surface area contributed by atoms with Crippen molar-refractivity contribution in [2.24, 2.45) is 0 Å². The molecule has 2 atom stereocenters. The summed E-state index contributed by atoms with van der Waals surface area (Å²) in [6.07, 6.45) is 7.07. The average molecular weight is 461 g/mol. The summed E-state index contributed by atoms with van der Waals surface area (Å²) in [7, 11) is 1.70. The van der Waals surface area contributed by atoms with Gasteiger partial charge in [-0.3, -0.25) is 4.98 Å². The highest BCUT2D eigenvalue weighted by Crippen LogP contribution is 2.43. The Morgan fingerprint density at radius 2 is 1.85 bits per heavy atom. The Balaban J connectivity index is 1.55.